The summed E-state index contributed by atoms with van der Waals surface area (Å²) in [5, 5.41) is 1.29. The molecule has 1 aliphatic rings. The standard InChI is InChI=1S/C13H15N2O/c1-2-4-13-12(3-1)11(9-14-13)10-15-5-7-16-8-6-15/h1-3,9,14H,5-8,10H2. The summed E-state index contributed by atoms with van der Waals surface area (Å²) in [5.41, 5.74) is 2.46. The number of H-pyrrole nitrogens is 1. The molecule has 0 bridgehead atoms. The Bertz CT molecular complexity index is 471. The van der Waals surface area contributed by atoms with Gasteiger partial charge in [0.15, 0.2) is 0 Å². The van der Waals surface area contributed by atoms with Crippen molar-refractivity contribution >= 4 is 10.9 Å². The van der Waals surface area contributed by atoms with Crippen molar-refractivity contribution in [3.63, 3.8) is 0 Å². The molecule has 0 aliphatic carbocycles. The molecule has 16 heavy (non-hydrogen) atoms. The van der Waals surface area contributed by atoms with E-state index in [9.17, 15) is 0 Å². The van der Waals surface area contributed by atoms with Gasteiger partial charge >= 0.3 is 0 Å². The predicted molar refractivity (Wildman–Crippen MR) is 63.2 cm³/mol. The molecule has 1 aliphatic heterocycles. The fourth-order valence-corrected chi connectivity index (χ4v) is 2.19. The molecule has 1 radical (unpaired) electrons. The Morgan fingerprint density at radius 1 is 1.38 bits per heavy atom. The largest absolute Gasteiger partial charge is 0.379 e. The van der Waals surface area contributed by atoms with E-state index in [4.69, 9.17) is 4.74 Å². The van der Waals surface area contributed by atoms with Crippen molar-refractivity contribution in [2.75, 3.05) is 26.3 Å². The normalized spacial score (nSPS) is 18.0. The molecule has 1 aromatic heterocycles. The number of hydrogen-bond donors (Lipinski definition) is 1. The lowest BCUT2D eigenvalue weighted by Gasteiger charge is -2.26. The Balaban J connectivity index is 1.83. The first-order chi connectivity index (χ1) is 7.93. The van der Waals surface area contributed by atoms with Crippen molar-refractivity contribution in [2.24, 2.45) is 0 Å². The van der Waals surface area contributed by atoms with E-state index in [1.807, 2.05) is 12.1 Å². The van der Waals surface area contributed by atoms with Crippen molar-refractivity contribution in [1.29, 1.82) is 0 Å². The summed E-state index contributed by atoms with van der Waals surface area (Å²) in [7, 11) is 0. The molecular formula is C13H15N2O. The molecule has 83 valence electrons. The van der Waals surface area contributed by atoms with Crippen molar-refractivity contribution in [3.05, 3.63) is 36.0 Å². The van der Waals surface area contributed by atoms with Crippen molar-refractivity contribution in [2.45, 2.75) is 6.54 Å². The van der Waals surface area contributed by atoms with Gasteiger partial charge in [-0.2, -0.15) is 0 Å². The van der Waals surface area contributed by atoms with Crippen LogP contribution in [0.1, 0.15) is 5.56 Å². The van der Waals surface area contributed by atoms with Crippen LogP contribution < -0.4 is 0 Å². The van der Waals surface area contributed by atoms with E-state index in [1.165, 1.54) is 10.9 Å². The highest BCUT2D eigenvalue weighted by Crippen LogP contribution is 2.19. The van der Waals surface area contributed by atoms with Crippen LogP contribution in [0.2, 0.25) is 0 Å². The van der Waals surface area contributed by atoms with Gasteiger partial charge in [0, 0.05) is 37.3 Å². The van der Waals surface area contributed by atoms with E-state index in [0.29, 0.717) is 0 Å². The van der Waals surface area contributed by atoms with Gasteiger partial charge < -0.3 is 9.72 Å². The molecule has 0 atom stereocenters. The number of fused-ring (bicyclic) bond motifs is 1. The van der Waals surface area contributed by atoms with Crippen LogP contribution in [0.3, 0.4) is 0 Å². The molecule has 1 saturated heterocycles. The minimum atomic E-state index is 0.856. The first-order valence-electron chi connectivity index (χ1n) is 5.70. The van der Waals surface area contributed by atoms with Crippen LogP contribution in [0.25, 0.3) is 10.9 Å². The predicted octanol–water partition coefficient (Wildman–Crippen LogP) is 1.80. The van der Waals surface area contributed by atoms with Crippen LogP contribution in [0.5, 0.6) is 0 Å². The second kappa shape index (κ2) is 4.28. The maximum atomic E-state index is 5.35. The number of hydrogen-bond acceptors (Lipinski definition) is 2. The fraction of sp³-hybridized carbons (Fsp3) is 0.385. The first-order valence-corrected chi connectivity index (χ1v) is 5.70. The van der Waals surface area contributed by atoms with Gasteiger partial charge in [0.1, 0.15) is 0 Å². The average molecular weight is 215 g/mol. The number of nitrogens with zero attached hydrogens (tertiary/aromatic N) is 1. The summed E-state index contributed by atoms with van der Waals surface area (Å²) in [4.78, 5) is 5.69. The molecule has 1 fully saturated rings. The zero-order chi connectivity index (χ0) is 10.8. The molecule has 3 nitrogen and oxygen atoms in total. The lowest BCUT2D eigenvalue weighted by molar-refractivity contribution is 0.0343. The first kappa shape index (κ1) is 9.87. The van der Waals surface area contributed by atoms with Gasteiger partial charge in [-0.15, -0.1) is 0 Å². The van der Waals surface area contributed by atoms with Crippen LogP contribution in [0.15, 0.2) is 24.4 Å². The molecule has 2 heterocycles. The summed E-state index contributed by atoms with van der Waals surface area (Å²) in [6.45, 7) is 4.77. The molecule has 3 rings (SSSR count). The highest BCUT2D eigenvalue weighted by Gasteiger charge is 2.12. The van der Waals surface area contributed by atoms with Gasteiger partial charge in [0.25, 0.3) is 0 Å². The van der Waals surface area contributed by atoms with E-state index in [0.717, 1.165) is 38.4 Å². The molecule has 1 N–H and O–H groups in total. The number of para-hydroxylation sites is 1. The quantitative estimate of drug-likeness (QED) is 0.827. The van der Waals surface area contributed by atoms with Gasteiger partial charge in [-0.1, -0.05) is 18.2 Å². The van der Waals surface area contributed by atoms with E-state index in [1.54, 1.807) is 0 Å². The highest BCUT2D eigenvalue weighted by molar-refractivity contribution is 5.82. The molecule has 0 saturated carbocycles. The lowest BCUT2D eigenvalue weighted by atomic mass is 10.1. The Morgan fingerprint density at radius 3 is 3.12 bits per heavy atom. The maximum absolute atomic E-state index is 5.35. The molecule has 3 heteroatoms. The number of nitrogens with one attached hydrogen (secondary N) is 1. The SMILES string of the molecule is [c]1cccc2c(CN3CCOCC3)c[nH]c12. The number of rotatable bonds is 2. The van der Waals surface area contributed by atoms with Gasteiger partial charge in [0.2, 0.25) is 0 Å². The summed E-state index contributed by atoms with van der Waals surface area (Å²) < 4.78 is 5.35. The Kier molecular flexibility index (Phi) is 2.64. The monoisotopic (exact) mass is 215 g/mol. The summed E-state index contributed by atoms with van der Waals surface area (Å²) in [6.07, 6.45) is 2.09. The van der Waals surface area contributed by atoms with E-state index >= 15 is 0 Å². The summed E-state index contributed by atoms with van der Waals surface area (Å²) in [5.74, 6) is 0. The second-order valence-corrected chi connectivity index (χ2v) is 4.16. The molecule has 0 amide bonds. The maximum Gasteiger partial charge on any atom is 0.0594 e. The van der Waals surface area contributed by atoms with Crippen molar-refractivity contribution < 1.29 is 4.74 Å². The van der Waals surface area contributed by atoms with Crippen LogP contribution in [-0.4, -0.2) is 36.2 Å². The molecule has 0 spiro atoms. The Labute approximate surface area is 95.0 Å². The fourth-order valence-electron chi connectivity index (χ4n) is 2.19. The second-order valence-electron chi connectivity index (χ2n) is 4.16. The van der Waals surface area contributed by atoms with Crippen LogP contribution >= 0.6 is 0 Å². The summed E-state index contributed by atoms with van der Waals surface area (Å²) >= 11 is 0. The zero-order valence-corrected chi connectivity index (χ0v) is 9.20. The highest BCUT2D eigenvalue weighted by atomic mass is 16.5. The molecular weight excluding hydrogens is 200 g/mol. The minimum absolute atomic E-state index is 0.856. The number of aromatic amines is 1. The van der Waals surface area contributed by atoms with Crippen molar-refractivity contribution in [1.82, 2.24) is 9.88 Å². The zero-order valence-electron chi connectivity index (χ0n) is 9.20. The Morgan fingerprint density at radius 2 is 2.25 bits per heavy atom. The third kappa shape index (κ3) is 1.84. The third-order valence-corrected chi connectivity index (χ3v) is 3.09. The number of ether oxygens (including phenoxy) is 1. The van der Waals surface area contributed by atoms with Crippen LogP contribution in [0.4, 0.5) is 0 Å². The molecule has 1 aromatic carbocycles. The Hall–Kier alpha value is -1.32. The van der Waals surface area contributed by atoms with E-state index < -0.39 is 0 Å². The third-order valence-electron chi connectivity index (χ3n) is 3.09. The average Bonchev–Trinajstić information content (AvgIpc) is 2.74. The molecule has 0 unspecified atom stereocenters. The number of morpholine rings is 1. The lowest BCUT2D eigenvalue weighted by Crippen LogP contribution is -2.35. The van der Waals surface area contributed by atoms with Gasteiger partial charge in [0.05, 0.1) is 18.7 Å². The molecule has 2 aromatic rings. The van der Waals surface area contributed by atoms with Crippen molar-refractivity contribution in [3.8, 4) is 0 Å². The van der Waals surface area contributed by atoms with Gasteiger partial charge in [-0.3, -0.25) is 4.90 Å². The number of benzene rings is 1. The topological polar surface area (TPSA) is 28.3 Å². The smallest absolute Gasteiger partial charge is 0.0594 e. The van der Waals surface area contributed by atoms with Crippen LogP contribution in [-0.2, 0) is 11.3 Å². The van der Waals surface area contributed by atoms with Crippen LogP contribution in [0, 0.1) is 6.07 Å². The summed E-state index contributed by atoms with van der Waals surface area (Å²) in [6, 6.07) is 9.34. The van der Waals surface area contributed by atoms with E-state index in [-0.39, 0.29) is 0 Å². The minimum Gasteiger partial charge on any atom is -0.379 e. The van der Waals surface area contributed by atoms with E-state index in [2.05, 4.69) is 28.2 Å². The van der Waals surface area contributed by atoms with Gasteiger partial charge in [-0.05, 0) is 5.56 Å². The number of aromatic nitrogens is 1. The van der Waals surface area contributed by atoms with Gasteiger partial charge in [-0.25, -0.2) is 0 Å².